The first kappa shape index (κ1) is 18.3. The second-order valence-electron chi connectivity index (χ2n) is 8.34. The maximum absolute atomic E-state index is 9.33. The fourth-order valence-corrected chi connectivity index (χ4v) is 5.14. The molecule has 1 aliphatic heterocycles. The Hall–Kier alpha value is -3.51. The number of aromatic nitrogens is 4. The zero-order valence-electron chi connectivity index (χ0n) is 17.3. The summed E-state index contributed by atoms with van der Waals surface area (Å²) in [6.07, 6.45) is 7.37. The second-order valence-corrected chi connectivity index (χ2v) is 8.34. The maximum Gasteiger partial charge on any atom is 0.127 e. The highest BCUT2D eigenvalue weighted by molar-refractivity contribution is 6.06. The molecule has 0 atom stereocenters. The minimum atomic E-state index is 0.169. The molecule has 0 fully saturated rings. The van der Waals surface area contributed by atoms with Gasteiger partial charge in [-0.3, -0.25) is 5.10 Å². The van der Waals surface area contributed by atoms with Crippen LogP contribution < -0.4 is 5.73 Å². The molecule has 4 heterocycles. The Bertz CT molecular complexity index is 1420. The number of nitrogens with zero attached hydrogens (tertiary/aromatic N) is 3. The summed E-state index contributed by atoms with van der Waals surface area (Å²) in [6, 6.07) is 14.9. The number of anilines is 1. The normalized spacial score (nSPS) is 13.5. The van der Waals surface area contributed by atoms with Gasteiger partial charge in [0.15, 0.2) is 0 Å². The average Bonchev–Trinajstić information content (AvgIpc) is 3.47. The monoisotopic (exact) mass is 411 g/mol. The minimum absolute atomic E-state index is 0.169. The number of fused-ring (bicyclic) bond motifs is 1. The van der Waals surface area contributed by atoms with Crippen LogP contribution in [0.3, 0.4) is 0 Å². The highest BCUT2D eigenvalue weighted by atomic mass is 16.3. The first-order valence-electron chi connectivity index (χ1n) is 10.9. The third-order valence-electron chi connectivity index (χ3n) is 6.49. The van der Waals surface area contributed by atoms with Crippen molar-refractivity contribution in [1.29, 1.82) is 0 Å². The molecule has 156 valence electrons. The molecule has 0 aliphatic carbocycles. The Morgan fingerprint density at radius 1 is 1.03 bits per heavy atom. The summed E-state index contributed by atoms with van der Waals surface area (Å²) in [5, 5.41) is 19.4. The summed E-state index contributed by atoms with van der Waals surface area (Å²) < 4.78 is 4.56. The number of hydrogen-bond donors (Lipinski definition) is 3. The highest BCUT2D eigenvalue weighted by Gasteiger charge is 2.24. The molecule has 0 saturated carbocycles. The smallest absolute Gasteiger partial charge is 0.127 e. The molecule has 4 N–H and O–H groups in total. The zero-order valence-corrected chi connectivity index (χ0v) is 17.3. The molecule has 1 aliphatic rings. The third kappa shape index (κ3) is 2.72. The summed E-state index contributed by atoms with van der Waals surface area (Å²) in [4.78, 5) is 0. The van der Waals surface area contributed by atoms with E-state index in [-0.39, 0.29) is 6.61 Å². The summed E-state index contributed by atoms with van der Waals surface area (Å²) in [5.74, 6) is 0.576. The summed E-state index contributed by atoms with van der Waals surface area (Å²) >= 11 is 0. The van der Waals surface area contributed by atoms with Gasteiger partial charge in [-0.25, -0.2) is 0 Å². The first-order valence-corrected chi connectivity index (χ1v) is 10.9. The van der Waals surface area contributed by atoms with E-state index < -0.39 is 0 Å². The van der Waals surface area contributed by atoms with Crippen LogP contribution in [0.4, 0.5) is 5.82 Å². The van der Waals surface area contributed by atoms with Crippen LogP contribution in [0.5, 0.6) is 0 Å². The molecule has 2 aromatic carbocycles. The number of aryl methyl sites for hydroxylation is 3. The Morgan fingerprint density at radius 2 is 1.90 bits per heavy atom. The van der Waals surface area contributed by atoms with Gasteiger partial charge in [0.05, 0.1) is 11.1 Å². The van der Waals surface area contributed by atoms with E-state index in [2.05, 4.69) is 68.1 Å². The molecule has 6 heteroatoms. The molecule has 0 bridgehead atoms. The van der Waals surface area contributed by atoms with Crippen LogP contribution in [0.25, 0.3) is 44.2 Å². The van der Waals surface area contributed by atoms with Crippen molar-refractivity contribution >= 4 is 27.6 Å². The number of nitrogen functional groups attached to an aromatic ring is 1. The van der Waals surface area contributed by atoms with Crippen LogP contribution >= 0.6 is 0 Å². The topological polar surface area (TPSA) is 84.8 Å². The number of nitrogens with two attached hydrogens (primary N) is 1. The van der Waals surface area contributed by atoms with Gasteiger partial charge in [-0.15, -0.1) is 0 Å². The van der Waals surface area contributed by atoms with Crippen LogP contribution in [0.15, 0.2) is 54.9 Å². The van der Waals surface area contributed by atoms with Crippen molar-refractivity contribution in [3.05, 3.63) is 60.4 Å². The first-order chi connectivity index (χ1) is 15.3. The second kappa shape index (κ2) is 7.03. The van der Waals surface area contributed by atoms with Crippen LogP contribution in [0.2, 0.25) is 0 Å². The molecule has 6 nitrogen and oxygen atoms in total. The lowest BCUT2D eigenvalue weighted by atomic mass is 9.98. The van der Waals surface area contributed by atoms with Crippen molar-refractivity contribution in [3.63, 3.8) is 0 Å². The molecule has 3 aromatic heterocycles. The Balaban J connectivity index is 1.59. The van der Waals surface area contributed by atoms with Crippen molar-refractivity contribution in [1.82, 2.24) is 19.3 Å². The molecule has 0 unspecified atom stereocenters. The van der Waals surface area contributed by atoms with E-state index in [1.165, 1.54) is 16.5 Å². The number of aliphatic hydroxyl groups excluding tert-OH is 1. The van der Waals surface area contributed by atoms with Crippen molar-refractivity contribution in [2.75, 3.05) is 12.3 Å². The molecule has 6 rings (SSSR count). The molecule has 0 radical (unpaired) electrons. The molecule has 0 saturated heterocycles. The lowest BCUT2D eigenvalue weighted by molar-refractivity contribution is 0.280. The van der Waals surface area contributed by atoms with Gasteiger partial charge in [-0.1, -0.05) is 36.4 Å². The summed E-state index contributed by atoms with van der Waals surface area (Å²) in [7, 11) is 0. The van der Waals surface area contributed by atoms with Crippen LogP contribution in [-0.4, -0.2) is 31.0 Å². The lowest BCUT2D eigenvalue weighted by Gasteiger charge is -2.14. The quantitative estimate of drug-likeness (QED) is 0.396. The number of benzene rings is 2. The van der Waals surface area contributed by atoms with E-state index in [0.29, 0.717) is 12.2 Å². The Labute approximate surface area is 179 Å². The number of H-pyrrole nitrogens is 1. The SMILES string of the molecule is Nc1[nH]nc(-c2cn3c4c(cccc24)CCC3)c1-c1cn(CCCO)c2ccccc12. The van der Waals surface area contributed by atoms with Gasteiger partial charge in [0.1, 0.15) is 11.5 Å². The fraction of sp³-hybridized carbons (Fsp3) is 0.240. The molecular weight excluding hydrogens is 386 g/mol. The predicted molar refractivity (Wildman–Crippen MR) is 125 cm³/mol. The lowest BCUT2D eigenvalue weighted by Crippen LogP contribution is -2.05. The van der Waals surface area contributed by atoms with Crippen LogP contribution in [0, 0.1) is 0 Å². The van der Waals surface area contributed by atoms with Gasteiger partial charge in [0.2, 0.25) is 0 Å². The zero-order chi connectivity index (χ0) is 20.9. The van der Waals surface area contributed by atoms with Crippen molar-refractivity contribution in [2.45, 2.75) is 32.4 Å². The molecule has 0 amide bonds. The third-order valence-corrected chi connectivity index (χ3v) is 6.49. The molecule has 0 spiro atoms. The fourth-order valence-electron chi connectivity index (χ4n) is 5.14. The number of nitrogens with one attached hydrogen (secondary N) is 1. The number of rotatable bonds is 5. The number of aromatic amines is 1. The molecule has 5 aromatic rings. The van der Waals surface area contributed by atoms with Gasteiger partial charge in [-0.2, -0.15) is 5.10 Å². The van der Waals surface area contributed by atoms with Crippen molar-refractivity contribution in [3.8, 4) is 22.4 Å². The van der Waals surface area contributed by atoms with Crippen LogP contribution in [-0.2, 0) is 19.5 Å². The van der Waals surface area contributed by atoms with E-state index in [4.69, 9.17) is 5.73 Å². The maximum atomic E-state index is 9.33. The Kier molecular flexibility index (Phi) is 4.14. The summed E-state index contributed by atoms with van der Waals surface area (Å²) in [5.41, 5.74) is 14.4. The van der Waals surface area contributed by atoms with Crippen LogP contribution in [0.1, 0.15) is 18.4 Å². The highest BCUT2D eigenvalue weighted by Crippen LogP contribution is 2.43. The van der Waals surface area contributed by atoms with Gasteiger partial charge in [-0.05, 0) is 30.9 Å². The largest absolute Gasteiger partial charge is 0.396 e. The van der Waals surface area contributed by atoms with E-state index in [1.807, 2.05) is 6.07 Å². The Morgan fingerprint density at radius 3 is 2.81 bits per heavy atom. The van der Waals surface area contributed by atoms with Crippen molar-refractivity contribution in [2.24, 2.45) is 0 Å². The van der Waals surface area contributed by atoms with E-state index in [9.17, 15) is 5.11 Å². The van der Waals surface area contributed by atoms with Crippen molar-refractivity contribution < 1.29 is 5.11 Å². The molecule has 31 heavy (non-hydrogen) atoms. The number of hydrogen-bond acceptors (Lipinski definition) is 3. The van der Waals surface area contributed by atoms with Gasteiger partial charge < -0.3 is 20.0 Å². The molecular formula is C25H25N5O. The number of para-hydroxylation sites is 2. The average molecular weight is 412 g/mol. The van der Waals surface area contributed by atoms with E-state index >= 15 is 0 Å². The summed E-state index contributed by atoms with van der Waals surface area (Å²) in [6.45, 7) is 1.96. The number of aliphatic hydroxyl groups is 1. The minimum Gasteiger partial charge on any atom is -0.396 e. The van der Waals surface area contributed by atoms with Gasteiger partial charge in [0.25, 0.3) is 0 Å². The van der Waals surface area contributed by atoms with E-state index in [0.717, 1.165) is 59.2 Å². The van der Waals surface area contributed by atoms with E-state index in [1.54, 1.807) is 0 Å². The van der Waals surface area contributed by atoms with Gasteiger partial charge in [0, 0.05) is 59.5 Å². The predicted octanol–water partition coefficient (Wildman–Crippen LogP) is 4.56. The van der Waals surface area contributed by atoms with Gasteiger partial charge >= 0.3 is 0 Å². The standard InChI is InChI=1S/C25H25N5O/c26-25-22(19-14-29(12-5-13-31)21-10-2-1-8-17(19)21)23(27-28-25)20-15-30-11-4-7-16-6-3-9-18(20)24(16)30/h1-3,6,8-10,14-15,31H,4-5,7,11-13H2,(H3,26,27,28).